The van der Waals surface area contributed by atoms with Crippen LogP contribution in [0.1, 0.15) is 52.1 Å². The third-order valence-corrected chi connectivity index (χ3v) is 8.21. The highest BCUT2D eigenvalue weighted by atomic mass is 32.2. The van der Waals surface area contributed by atoms with Crippen LogP contribution >= 0.6 is 11.8 Å². The molecule has 0 saturated carbocycles. The molecule has 2 heterocycles. The van der Waals surface area contributed by atoms with E-state index in [0.717, 1.165) is 42.6 Å². The number of likely N-dealkylation sites (tertiary alicyclic amines) is 1. The summed E-state index contributed by atoms with van der Waals surface area (Å²) < 4.78 is 2.20. The molecule has 2 aliphatic rings. The van der Waals surface area contributed by atoms with Crippen molar-refractivity contribution in [3.05, 3.63) is 101 Å². The first kappa shape index (κ1) is 23.2. The zero-order valence-electron chi connectivity index (χ0n) is 20.4. The highest BCUT2D eigenvalue weighted by Crippen LogP contribution is 2.37. The highest BCUT2D eigenvalue weighted by Gasteiger charge is 2.21. The Morgan fingerprint density at radius 2 is 1.58 bits per heavy atom. The van der Waals surface area contributed by atoms with E-state index < -0.39 is 0 Å². The van der Waals surface area contributed by atoms with Crippen molar-refractivity contribution in [3.8, 4) is 11.1 Å². The number of carbonyl (C=O) groups excluding carboxylic acids is 1. The second-order valence-electron chi connectivity index (χ2n) is 9.73. The van der Waals surface area contributed by atoms with Crippen molar-refractivity contribution >= 4 is 17.5 Å². The van der Waals surface area contributed by atoms with E-state index in [9.17, 15) is 4.79 Å². The summed E-state index contributed by atoms with van der Waals surface area (Å²) in [6, 6.07) is 25.1. The van der Waals surface area contributed by atoms with Gasteiger partial charge in [0.05, 0.1) is 18.8 Å². The average Bonchev–Trinajstić information content (AvgIpc) is 3.48. The first-order chi connectivity index (χ1) is 17.7. The van der Waals surface area contributed by atoms with Gasteiger partial charge in [-0.1, -0.05) is 84.9 Å². The summed E-state index contributed by atoms with van der Waals surface area (Å²) in [5, 5.41) is 9.91. The van der Waals surface area contributed by atoms with E-state index in [4.69, 9.17) is 0 Å². The number of hydrogen-bond acceptors (Lipinski definition) is 5. The molecule has 36 heavy (non-hydrogen) atoms. The molecule has 0 amide bonds. The van der Waals surface area contributed by atoms with Gasteiger partial charge in [0.25, 0.3) is 0 Å². The number of nitrogens with zero attached hydrogens (tertiary/aromatic N) is 4. The van der Waals surface area contributed by atoms with E-state index in [1.807, 2.05) is 12.1 Å². The van der Waals surface area contributed by atoms with Crippen LogP contribution in [0.4, 0.5) is 0 Å². The average molecular weight is 495 g/mol. The Bertz CT molecular complexity index is 1370. The molecule has 0 atom stereocenters. The molecular weight excluding hydrogens is 464 g/mol. The van der Waals surface area contributed by atoms with Gasteiger partial charge in [-0.15, -0.1) is 10.2 Å². The maximum atomic E-state index is 13.2. The van der Waals surface area contributed by atoms with Crippen LogP contribution in [-0.4, -0.2) is 44.3 Å². The molecule has 1 aromatic heterocycles. The summed E-state index contributed by atoms with van der Waals surface area (Å²) in [4.78, 5) is 15.7. The minimum atomic E-state index is 0.124. The van der Waals surface area contributed by atoms with E-state index in [1.165, 1.54) is 58.8 Å². The van der Waals surface area contributed by atoms with Crippen LogP contribution in [-0.2, 0) is 19.5 Å². The fourth-order valence-electron chi connectivity index (χ4n) is 5.30. The van der Waals surface area contributed by atoms with Crippen LogP contribution in [0.2, 0.25) is 0 Å². The van der Waals surface area contributed by atoms with Crippen molar-refractivity contribution in [3.63, 3.8) is 0 Å². The van der Waals surface area contributed by atoms with Crippen LogP contribution < -0.4 is 0 Å². The SMILES string of the molecule is O=C(CSc1nnc(CN2CCCCC2)n1Cc1ccccc1)c1ccc2c(c1)-c1ccccc1C2. The molecular formula is C30H30N4OS. The molecule has 1 aliphatic heterocycles. The van der Waals surface area contributed by atoms with Gasteiger partial charge in [0.1, 0.15) is 5.82 Å². The minimum absolute atomic E-state index is 0.124. The topological polar surface area (TPSA) is 51.0 Å². The van der Waals surface area contributed by atoms with Gasteiger partial charge in [-0.2, -0.15) is 0 Å². The molecule has 5 nitrogen and oxygen atoms in total. The first-order valence-electron chi connectivity index (χ1n) is 12.8. The normalized spacial score (nSPS) is 15.0. The predicted octanol–water partition coefficient (Wildman–Crippen LogP) is 5.86. The van der Waals surface area contributed by atoms with Gasteiger partial charge in [0.2, 0.25) is 0 Å². The Hall–Kier alpha value is -3.22. The molecule has 1 fully saturated rings. The summed E-state index contributed by atoms with van der Waals surface area (Å²) in [5.74, 6) is 1.45. The zero-order chi connectivity index (χ0) is 24.3. The van der Waals surface area contributed by atoms with Crippen LogP contribution in [0.5, 0.6) is 0 Å². The highest BCUT2D eigenvalue weighted by molar-refractivity contribution is 7.99. The van der Waals surface area contributed by atoms with Crippen LogP contribution in [0.3, 0.4) is 0 Å². The number of rotatable bonds is 8. The molecule has 0 radical (unpaired) electrons. The monoisotopic (exact) mass is 494 g/mol. The zero-order valence-corrected chi connectivity index (χ0v) is 21.2. The maximum absolute atomic E-state index is 13.2. The summed E-state index contributed by atoms with van der Waals surface area (Å²) in [6.07, 6.45) is 4.74. The molecule has 3 aromatic carbocycles. The number of carbonyl (C=O) groups is 1. The fourth-order valence-corrected chi connectivity index (χ4v) is 6.15. The lowest BCUT2D eigenvalue weighted by molar-refractivity contribution is 0.102. The molecule has 4 aromatic rings. The number of aromatic nitrogens is 3. The van der Waals surface area contributed by atoms with Crippen molar-refractivity contribution < 1.29 is 4.79 Å². The van der Waals surface area contributed by atoms with E-state index in [2.05, 4.69) is 80.3 Å². The number of piperidine rings is 1. The summed E-state index contributed by atoms with van der Waals surface area (Å²) in [6.45, 7) is 3.74. The Balaban J connectivity index is 1.20. The number of benzene rings is 3. The van der Waals surface area contributed by atoms with Gasteiger partial charge in [-0.3, -0.25) is 9.69 Å². The smallest absolute Gasteiger partial charge is 0.192 e. The predicted molar refractivity (Wildman–Crippen MR) is 144 cm³/mol. The molecule has 6 heteroatoms. The number of thioether (sulfide) groups is 1. The molecule has 1 saturated heterocycles. The second kappa shape index (κ2) is 10.4. The minimum Gasteiger partial charge on any atom is -0.300 e. The molecule has 0 spiro atoms. The summed E-state index contributed by atoms with van der Waals surface area (Å²) in [7, 11) is 0. The standard InChI is InChI=1S/C30H30N4OS/c35-28(25-14-13-24-17-23-11-5-6-12-26(23)27(24)18-25)21-36-30-32-31-29(20-33-15-7-2-8-16-33)34(30)19-22-9-3-1-4-10-22/h1,3-6,9-14,18H,2,7-8,15-17,19-21H2. The largest absolute Gasteiger partial charge is 0.300 e. The Kier molecular flexibility index (Phi) is 6.71. The maximum Gasteiger partial charge on any atom is 0.192 e. The first-order valence-corrected chi connectivity index (χ1v) is 13.8. The van der Waals surface area contributed by atoms with Crippen molar-refractivity contribution in [1.29, 1.82) is 0 Å². The van der Waals surface area contributed by atoms with Gasteiger partial charge >= 0.3 is 0 Å². The molecule has 0 bridgehead atoms. The Morgan fingerprint density at radius 3 is 2.44 bits per heavy atom. The van der Waals surface area contributed by atoms with Gasteiger partial charge in [-0.05, 0) is 66.2 Å². The van der Waals surface area contributed by atoms with Crippen molar-refractivity contribution in [2.24, 2.45) is 0 Å². The second-order valence-corrected chi connectivity index (χ2v) is 10.7. The quantitative estimate of drug-likeness (QED) is 0.200. The van der Waals surface area contributed by atoms with Crippen molar-refractivity contribution in [2.75, 3.05) is 18.8 Å². The Labute approximate surface area is 216 Å². The van der Waals surface area contributed by atoms with Crippen molar-refractivity contribution in [2.45, 2.75) is 43.9 Å². The lowest BCUT2D eigenvalue weighted by atomic mass is 10.0. The molecule has 0 unspecified atom stereocenters. The molecule has 182 valence electrons. The number of ketones is 1. The van der Waals surface area contributed by atoms with Crippen LogP contribution in [0.25, 0.3) is 11.1 Å². The molecule has 6 rings (SSSR count). The lowest BCUT2D eigenvalue weighted by Crippen LogP contribution is -2.30. The van der Waals surface area contributed by atoms with E-state index >= 15 is 0 Å². The van der Waals surface area contributed by atoms with E-state index in [-0.39, 0.29) is 5.78 Å². The van der Waals surface area contributed by atoms with Crippen LogP contribution in [0.15, 0.2) is 78.0 Å². The van der Waals surface area contributed by atoms with Crippen molar-refractivity contribution in [1.82, 2.24) is 19.7 Å². The summed E-state index contributed by atoms with van der Waals surface area (Å²) in [5.41, 5.74) is 7.05. The number of hydrogen-bond donors (Lipinski definition) is 0. The fraction of sp³-hybridized carbons (Fsp3) is 0.300. The van der Waals surface area contributed by atoms with Gasteiger partial charge in [-0.25, -0.2) is 0 Å². The number of fused-ring (bicyclic) bond motifs is 3. The third kappa shape index (κ3) is 4.88. The summed E-state index contributed by atoms with van der Waals surface area (Å²) >= 11 is 1.49. The molecule has 0 N–H and O–H groups in total. The van der Waals surface area contributed by atoms with Gasteiger partial charge in [0.15, 0.2) is 10.9 Å². The van der Waals surface area contributed by atoms with E-state index in [0.29, 0.717) is 12.3 Å². The Morgan fingerprint density at radius 1 is 0.806 bits per heavy atom. The van der Waals surface area contributed by atoms with Gasteiger partial charge < -0.3 is 4.57 Å². The third-order valence-electron chi connectivity index (χ3n) is 7.24. The lowest BCUT2D eigenvalue weighted by Gasteiger charge is -2.26. The van der Waals surface area contributed by atoms with Gasteiger partial charge in [0, 0.05) is 5.56 Å². The van der Waals surface area contributed by atoms with E-state index in [1.54, 1.807) is 0 Å². The molecule has 1 aliphatic carbocycles. The van der Waals surface area contributed by atoms with Crippen LogP contribution in [0, 0.1) is 0 Å². The number of Topliss-reactive ketones (excluding diaryl/α,β-unsaturated/α-hetero) is 1.